The van der Waals surface area contributed by atoms with Crippen molar-refractivity contribution in [1.29, 1.82) is 5.26 Å². The Morgan fingerprint density at radius 3 is 2.72 bits per heavy atom. The summed E-state index contributed by atoms with van der Waals surface area (Å²) in [4.78, 5) is 28.6. The number of aromatic nitrogens is 1. The van der Waals surface area contributed by atoms with Crippen LogP contribution in [-0.4, -0.2) is 24.0 Å². The normalized spacial score (nSPS) is 11.4. The van der Waals surface area contributed by atoms with E-state index in [9.17, 15) is 23.6 Å². The number of hydrogen-bond acceptors (Lipinski definition) is 6. The van der Waals surface area contributed by atoms with Gasteiger partial charge in [0.05, 0.1) is 30.1 Å². The molecule has 2 aromatic carbocycles. The fraction of sp³-hybridized carbons (Fsp3) is 0.100. The van der Waals surface area contributed by atoms with E-state index < -0.39 is 29.4 Å². The number of rotatable bonds is 5. The Labute approximate surface area is 168 Å². The predicted molar refractivity (Wildman–Crippen MR) is 102 cm³/mol. The highest BCUT2D eigenvalue weighted by Gasteiger charge is 2.26. The van der Waals surface area contributed by atoms with Crippen LogP contribution in [0.15, 0.2) is 47.8 Å². The minimum Gasteiger partial charge on any atom is -0.465 e. The lowest BCUT2D eigenvalue weighted by molar-refractivity contribution is -0.116. The molecule has 1 heterocycles. The molecule has 6 nitrogen and oxygen atoms in total. The molecule has 0 aliphatic carbocycles. The van der Waals surface area contributed by atoms with E-state index in [0.29, 0.717) is 0 Å². The molecule has 0 bridgehead atoms. The van der Waals surface area contributed by atoms with E-state index >= 15 is 0 Å². The number of carbonyl (C=O) groups is 2. The molecule has 0 saturated heterocycles. The number of thiazole rings is 1. The molecule has 29 heavy (non-hydrogen) atoms. The summed E-state index contributed by atoms with van der Waals surface area (Å²) in [5.41, 5.74) is 0.352. The van der Waals surface area contributed by atoms with E-state index in [-0.39, 0.29) is 27.5 Å². The Balaban J connectivity index is 1.87. The standard InChI is InChI=1S/C20H13F2N3O3S/c1-28-20(27)12-4-2-3-5-16(12)24-18(26)14(9-23)19-25-17(10-29-19)13-8-11(21)6-7-15(13)22/h2-8,10,14H,1H3,(H,24,26)/t14-/m0/s1. The summed E-state index contributed by atoms with van der Waals surface area (Å²) in [5.74, 6) is -3.98. The minimum absolute atomic E-state index is 0.0689. The van der Waals surface area contributed by atoms with Gasteiger partial charge in [-0.2, -0.15) is 5.26 Å². The second kappa shape index (κ2) is 8.58. The van der Waals surface area contributed by atoms with Crippen LogP contribution in [0.25, 0.3) is 11.3 Å². The van der Waals surface area contributed by atoms with E-state index in [1.807, 2.05) is 6.07 Å². The number of benzene rings is 2. The molecule has 1 atom stereocenters. The molecule has 0 unspecified atom stereocenters. The first kappa shape index (κ1) is 20.1. The van der Waals surface area contributed by atoms with Crippen molar-refractivity contribution in [2.45, 2.75) is 5.92 Å². The summed E-state index contributed by atoms with van der Waals surface area (Å²) in [6.45, 7) is 0. The number of hydrogen-bond donors (Lipinski definition) is 1. The molecule has 0 spiro atoms. The van der Waals surface area contributed by atoms with E-state index in [1.165, 1.54) is 24.6 Å². The fourth-order valence-corrected chi connectivity index (χ4v) is 3.41. The second-order valence-electron chi connectivity index (χ2n) is 5.78. The molecule has 0 saturated carbocycles. The summed E-state index contributed by atoms with van der Waals surface area (Å²) in [5, 5.41) is 13.5. The topological polar surface area (TPSA) is 92.1 Å². The Morgan fingerprint density at radius 2 is 2.00 bits per heavy atom. The van der Waals surface area contributed by atoms with Gasteiger partial charge in [0.1, 0.15) is 16.6 Å². The fourth-order valence-electron chi connectivity index (χ4n) is 2.55. The predicted octanol–water partition coefficient (Wildman–Crippen LogP) is 4.12. The number of nitrogens with zero attached hydrogens (tertiary/aromatic N) is 2. The Kier molecular flexibility index (Phi) is 5.95. The zero-order valence-electron chi connectivity index (χ0n) is 15.0. The van der Waals surface area contributed by atoms with Crippen molar-refractivity contribution < 1.29 is 23.1 Å². The van der Waals surface area contributed by atoms with Gasteiger partial charge in [-0.3, -0.25) is 4.79 Å². The maximum absolute atomic E-state index is 14.0. The first-order chi connectivity index (χ1) is 13.9. The number of esters is 1. The SMILES string of the molecule is COC(=O)c1ccccc1NC(=O)[C@H](C#N)c1nc(-c2cc(F)ccc2F)cs1. The molecular formula is C20H13F2N3O3S. The van der Waals surface area contributed by atoms with E-state index in [0.717, 1.165) is 29.5 Å². The van der Waals surface area contributed by atoms with E-state index in [2.05, 4.69) is 15.0 Å². The monoisotopic (exact) mass is 413 g/mol. The number of ether oxygens (including phenoxy) is 1. The molecule has 1 amide bonds. The maximum atomic E-state index is 14.0. The van der Waals surface area contributed by atoms with Gasteiger partial charge in [-0.15, -0.1) is 11.3 Å². The molecule has 0 radical (unpaired) electrons. The molecule has 146 valence electrons. The number of nitrogens with one attached hydrogen (secondary N) is 1. The lowest BCUT2D eigenvalue weighted by Crippen LogP contribution is -2.21. The van der Waals surface area contributed by atoms with Gasteiger partial charge in [-0.1, -0.05) is 12.1 Å². The van der Waals surface area contributed by atoms with Crippen LogP contribution in [0, 0.1) is 23.0 Å². The number of methoxy groups -OCH3 is 1. The third-order valence-electron chi connectivity index (χ3n) is 3.95. The molecule has 1 N–H and O–H groups in total. The largest absolute Gasteiger partial charge is 0.465 e. The van der Waals surface area contributed by atoms with Crippen LogP contribution in [0.4, 0.5) is 14.5 Å². The summed E-state index contributed by atoms with van der Waals surface area (Å²) in [6, 6.07) is 11.0. The number of nitriles is 1. The number of para-hydroxylation sites is 1. The van der Waals surface area contributed by atoms with Crippen LogP contribution < -0.4 is 5.32 Å². The highest BCUT2D eigenvalue weighted by atomic mass is 32.1. The average Bonchev–Trinajstić information content (AvgIpc) is 3.19. The quantitative estimate of drug-likeness (QED) is 0.635. The van der Waals surface area contributed by atoms with Crippen LogP contribution in [0.3, 0.4) is 0 Å². The molecule has 0 aliphatic rings. The smallest absolute Gasteiger partial charge is 0.339 e. The lowest BCUT2D eigenvalue weighted by atomic mass is 10.1. The lowest BCUT2D eigenvalue weighted by Gasteiger charge is -2.11. The number of amides is 1. The van der Waals surface area contributed by atoms with Gasteiger partial charge in [0.15, 0.2) is 5.92 Å². The highest BCUT2D eigenvalue weighted by molar-refractivity contribution is 7.10. The Morgan fingerprint density at radius 1 is 1.24 bits per heavy atom. The van der Waals surface area contributed by atoms with Crippen LogP contribution in [0.5, 0.6) is 0 Å². The number of halogens is 2. The van der Waals surface area contributed by atoms with E-state index in [4.69, 9.17) is 0 Å². The number of carbonyl (C=O) groups excluding carboxylic acids is 2. The van der Waals surface area contributed by atoms with Crippen molar-refractivity contribution >= 4 is 28.9 Å². The Bertz CT molecular complexity index is 1120. The zero-order valence-corrected chi connectivity index (χ0v) is 15.8. The third kappa shape index (κ3) is 4.28. The van der Waals surface area contributed by atoms with E-state index in [1.54, 1.807) is 12.1 Å². The second-order valence-corrected chi connectivity index (χ2v) is 6.67. The molecule has 3 aromatic rings. The molecular weight excluding hydrogens is 400 g/mol. The maximum Gasteiger partial charge on any atom is 0.339 e. The summed E-state index contributed by atoms with van der Waals surface area (Å²) in [6.07, 6.45) is 0. The average molecular weight is 413 g/mol. The molecule has 0 aliphatic heterocycles. The molecule has 1 aromatic heterocycles. The summed E-state index contributed by atoms with van der Waals surface area (Å²) >= 11 is 0.970. The molecule has 3 rings (SSSR count). The van der Waals surface area contributed by atoms with Crippen molar-refractivity contribution in [3.8, 4) is 17.3 Å². The zero-order chi connectivity index (χ0) is 21.0. The summed E-state index contributed by atoms with van der Waals surface area (Å²) in [7, 11) is 1.21. The Hall–Kier alpha value is -3.64. The van der Waals surface area contributed by atoms with Gasteiger partial charge in [0, 0.05) is 10.9 Å². The van der Waals surface area contributed by atoms with Crippen LogP contribution >= 0.6 is 11.3 Å². The van der Waals surface area contributed by atoms with Crippen molar-refractivity contribution in [3.05, 3.63) is 70.1 Å². The van der Waals surface area contributed by atoms with Crippen molar-refractivity contribution in [2.75, 3.05) is 12.4 Å². The summed E-state index contributed by atoms with van der Waals surface area (Å²) < 4.78 is 32.1. The molecule has 9 heteroatoms. The van der Waals surface area contributed by atoms with Gasteiger partial charge in [0.2, 0.25) is 5.91 Å². The van der Waals surface area contributed by atoms with Crippen molar-refractivity contribution in [2.24, 2.45) is 0 Å². The van der Waals surface area contributed by atoms with Crippen LogP contribution in [0.2, 0.25) is 0 Å². The van der Waals surface area contributed by atoms with Crippen molar-refractivity contribution in [3.63, 3.8) is 0 Å². The van der Waals surface area contributed by atoms with Gasteiger partial charge >= 0.3 is 5.97 Å². The van der Waals surface area contributed by atoms with Gasteiger partial charge in [-0.25, -0.2) is 18.6 Å². The van der Waals surface area contributed by atoms with Gasteiger partial charge < -0.3 is 10.1 Å². The first-order valence-electron chi connectivity index (χ1n) is 8.23. The van der Waals surface area contributed by atoms with Gasteiger partial charge in [-0.05, 0) is 30.3 Å². The van der Waals surface area contributed by atoms with Crippen LogP contribution in [-0.2, 0) is 9.53 Å². The first-order valence-corrected chi connectivity index (χ1v) is 9.11. The highest BCUT2D eigenvalue weighted by Crippen LogP contribution is 2.29. The molecule has 0 fully saturated rings. The number of anilines is 1. The van der Waals surface area contributed by atoms with Gasteiger partial charge in [0.25, 0.3) is 0 Å². The van der Waals surface area contributed by atoms with Crippen molar-refractivity contribution in [1.82, 2.24) is 4.98 Å². The minimum atomic E-state index is -1.31. The van der Waals surface area contributed by atoms with Crippen LogP contribution in [0.1, 0.15) is 21.3 Å². The third-order valence-corrected chi connectivity index (χ3v) is 4.86.